The monoisotopic (exact) mass is 417 g/mol. The molecule has 0 saturated heterocycles. The van der Waals surface area contributed by atoms with E-state index < -0.39 is 0 Å². The molecule has 2 heteroatoms. The van der Waals surface area contributed by atoms with E-state index in [2.05, 4.69) is 62.4 Å². The molecule has 2 unspecified atom stereocenters. The van der Waals surface area contributed by atoms with Gasteiger partial charge in [0, 0.05) is 9.52 Å². The Balaban J connectivity index is 0. The molecule has 0 heterocycles. The predicted octanol–water partition coefficient (Wildman–Crippen LogP) is 6.39. The smallest absolute Gasteiger partial charge is 0.358 e. The number of rotatable bonds is 0. The maximum atomic E-state index is 2.37. The molecule has 2 atom stereocenters. The van der Waals surface area contributed by atoms with Crippen molar-refractivity contribution in [2.24, 2.45) is 11.8 Å². The molecule has 131 valence electrons. The molecule has 4 aliphatic carbocycles. The van der Waals surface area contributed by atoms with E-state index in [-0.39, 0.29) is 41.1 Å². The quantitative estimate of drug-likeness (QED) is 0.316. The summed E-state index contributed by atoms with van der Waals surface area (Å²) in [6, 6.07) is 0. The first-order chi connectivity index (χ1) is 10.3. The van der Waals surface area contributed by atoms with Crippen molar-refractivity contribution in [2.45, 2.75) is 51.6 Å². The fourth-order valence-electron chi connectivity index (χ4n) is 3.33. The number of allylic oxidation sites excluding steroid dienone is 8. The van der Waals surface area contributed by atoms with Gasteiger partial charge in [0.2, 0.25) is 0 Å². The minimum atomic E-state index is 0. The summed E-state index contributed by atoms with van der Waals surface area (Å²) in [7, 11) is 0.750. The first-order valence-electron chi connectivity index (χ1n) is 8.49. The van der Waals surface area contributed by atoms with E-state index in [4.69, 9.17) is 0 Å². The molecule has 1 radical (unpaired) electrons. The van der Waals surface area contributed by atoms with Gasteiger partial charge in [0.15, 0.2) is 0 Å². The first-order valence-corrected chi connectivity index (χ1v) is 10.8. The molecule has 0 nitrogen and oxygen atoms in total. The number of hydrogen-bond donors (Lipinski definition) is 0. The Kier molecular flexibility index (Phi) is 16.4. The predicted molar refractivity (Wildman–Crippen MR) is 109 cm³/mol. The van der Waals surface area contributed by atoms with Gasteiger partial charge in [0.25, 0.3) is 0 Å². The van der Waals surface area contributed by atoms with Crippen molar-refractivity contribution in [3.8, 4) is 0 Å². The largest absolute Gasteiger partial charge is 4.00 e. The van der Waals surface area contributed by atoms with Crippen molar-refractivity contribution in [1.82, 2.24) is 0 Å². The van der Waals surface area contributed by atoms with Crippen LogP contribution < -0.4 is 0 Å². The standard InChI is InChI=1S/2C9H11.C2H7Si.2CH3.Zr/c2*1-2-5-9-7-3-6-8(9)4-1;1-3-2;;;/h2*1-2,4,6,9H,3,5,7H2;3H,1-2H3;2*1H3;/q2*-1;;2*-1;+4. The summed E-state index contributed by atoms with van der Waals surface area (Å²) in [4.78, 5) is 0. The summed E-state index contributed by atoms with van der Waals surface area (Å²) < 4.78 is 0. The fraction of sp³-hybridized carbons (Fsp3) is 0.455. The first kappa shape index (κ1) is 26.0. The summed E-state index contributed by atoms with van der Waals surface area (Å²) >= 11 is 0. The zero-order valence-corrected chi connectivity index (χ0v) is 19.7. The molecule has 0 N–H and O–H groups in total. The van der Waals surface area contributed by atoms with E-state index in [1.807, 2.05) is 0 Å². The Morgan fingerprint density at radius 1 is 0.833 bits per heavy atom. The van der Waals surface area contributed by atoms with Gasteiger partial charge in [-0.15, -0.1) is 37.1 Å². The molecular formula is C22H35SiZr. The normalized spacial score (nSPS) is 24.1. The van der Waals surface area contributed by atoms with Crippen LogP contribution in [0.3, 0.4) is 0 Å². The van der Waals surface area contributed by atoms with E-state index in [0.717, 1.165) is 21.4 Å². The topological polar surface area (TPSA) is 0 Å². The van der Waals surface area contributed by atoms with Gasteiger partial charge in [-0.2, -0.15) is 0 Å². The van der Waals surface area contributed by atoms with E-state index in [9.17, 15) is 0 Å². The van der Waals surface area contributed by atoms with Gasteiger partial charge in [0.1, 0.15) is 0 Å². The van der Waals surface area contributed by atoms with Crippen LogP contribution in [0.5, 0.6) is 0 Å². The average Bonchev–Trinajstić information content (AvgIpc) is 3.17. The van der Waals surface area contributed by atoms with Crippen molar-refractivity contribution in [3.63, 3.8) is 0 Å². The van der Waals surface area contributed by atoms with Crippen LogP contribution in [-0.4, -0.2) is 9.52 Å². The van der Waals surface area contributed by atoms with Gasteiger partial charge >= 0.3 is 26.2 Å². The van der Waals surface area contributed by atoms with E-state index in [0.29, 0.717) is 0 Å². The van der Waals surface area contributed by atoms with Crippen molar-refractivity contribution in [3.05, 3.63) is 75.3 Å². The molecule has 24 heavy (non-hydrogen) atoms. The molecule has 4 aliphatic rings. The van der Waals surface area contributed by atoms with Gasteiger partial charge in [-0.3, -0.25) is 0 Å². The number of fused-ring (bicyclic) bond motifs is 2. The minimum Gasteiger partial charge on any atom is -0.358 e. The van der Waals surface area contributed by atoms with Crippen LogP contribution >= 0.6 is 0 Å². The molecule has 0 spiro atoms. The van der Waals surface area contributed by atoms with Crippen LogP contribution in [0.2, 0.25) is 13.1 Å². The average molecular weight is 419 g/mol. The second-order valence-corrected chi connectivity index (χ2v) is 7.35. The van der Waals surface area contributed by atoms with Crippen molar-refractivity contribution in [1.29, 1.82) is 0 Å². The van der Waals surface area contributed by atoms with Crippen LogP contribution in [0.4, 0.5) is 0 Å². The Morgan fingerprint density at radius 3 is 1.54 bits per heavy atom. The molecule has 0 bridgehead atoms. The molecule has 4 rings (SSSR count). The van der Waals surface area contributed by atoms with Gasteiger partial charge in [-0.25, -0.2) is 36.1 Å². The zero-order chi connectivity index (χ0) is 14.9. The third kappa shape index (κ3) is 8.26. The molecule has 2 fully saturated rings. The van der Waals surface area contributed by atoms with E-state index >= 15 is 0 Å². The SMILES string of the molecule is C1=CCC2CC[CH-]C2=C1.C1=CCC2CC[CH-]C2=C1.C[SiH]C.[CH3-].[CH3-].[Zr+4]. The van der Waals surface area contributed by atoms with Crippen LogP contribution in [0.1, 0.15) is 38.5 Å². The fourth-order valence-corrected chi connectivity index (χ4v) is 3.33. The second-order valence-electron chi connectivity index (χ2n) is 6.20. The molecular weight excluding hydrogens is 384 g/mol. The summed E-state index contributed by atoms with van der Waals surface area (Å²) in [6.07, 6.45) is 26.1. The summed E-state index contributed by atoms with van der Waals surface area (Å²) in [6.45, 7) is 4.42. The summed E-state index contributed by atoms with van der Waals surface area (Å²) in [5.41, 5.74) is 3.16. The summed E-state index contributed by atoms with van der Waals surface area (Å²) in [5.74, 6) is 1.77. The Hall–Kier alpha value is -0.200. The van der Waals surface area contributed by atoms with Crippen molar-refractivity contribution >= 4 is 9.52 Å². The zero-order valence-electron chi connectivity index (χ0n) is 16.1. The van der Waals surface area contributed by atoms with Crippen LogP contribution in [-0.2, 0) is 26.2 Å². The number of hydrogen-bond acceptors (Lipinski definition) is 0. The summed E-state index contributed by atoms with van der Waals surface area (Å²) in [5, 5.41) is 0. The van der Waals surface area contributed by atoms with Crippen LogP contribution in [0, 0.1) is 39.5 Å². The van der Waals surface area contributed by atoms with Gasteiger partial charge in [-0.1, -0.05) is 25.9 Å². The molecule has 0 aromatic rings. The van der Waals surface area contributed by atoms with E-state index in [1.54, 1.807) is 11.1 Å². The van der Waals surface area contributed by atoms with Gasteiger partial charge < -0.3 is 14.9 Å². The van der Waals surface area contributed by atoms with Gasteiger partial charge in [-0.05, 0) is 24.7 Å². The Labute approximate surface area is 173 Å². The molecule has 0 amide bonds. The maximum absolute atomic E-state index is 2.37. The second kappa shape index (κ2) is 15.1. The molecule has 0 aliphatic heterocycles. The van der Waals surface area contributed by atoms with E-state index in [1.165, 1.54) is 38.5 Å². The Morgan fingerprint density at radius 2 is 1.21 bits per heavy atom. The van der Waals surface area contributed by atoms with Crippen molar-refractivity contribution < 1.29 is 26.2 Å². The third-order valence-corrected chi connectivity index (χ3v) is 4.42. The molecule has 0 aromatic carbocycles. The van der Waals surface area contributed by atoms with Crippen LogP contribution in [0.15, 0.2) is 47.6 Å². The third-order valence-electron chi connectivity index (χ3n) is 4.42. The minimum absolute atomic E-state index is 0. The maximum Gasteiger partial charge on any atom is 4.00 e. The van der Waals surface area contributed by atoms with Crippen LogP contribution in [0.25, 0.3) is 0 Å². The van der Waals surface area contributed by atoms with Gasteiger partial charge in [0.05, 0.1) is 0 Å². The molecule has 0 aromatic heterocycles. The molecule has 2 saturated carbocycles. The van der Waals surface area contributed by atoms with Crippen molar-refractivity contribution in [2.75, 3.05) is 0 Å². The Bertz CT molecular complexity index is 391.